The fourth-order valence-corrected chi connectivity index (χ4v) is 6.06. The second kappa shape index (κ2) is 9.71. The van der Waals surface area contributed by atoms with Crippen LogP contribution in [0.25, 0.3) is 11.4 Å². The summed E-state index contributed by atoms with van der Waals surface area (Å²) in [5.41, 5.74) is 5.72. The first-order valence-corrected chi connectivity index (χ1v) is 13.4. The van der Waals surface area contributed by atoms with Gasteiger partial charge in [-0.15, -0.1) is 0 Å². The lowest BCUT2D eigenvalue weighted by Gasteiger charge is -2.36. The van der Waals surface area contributed by atoms with Crippen molar-refractivity contribution in [2.75, 3.05) is 24.4 Å². The van der Waals surface area contributed by atoms with Gasteiger partial charge < -0.3 is 25.1 Å². The third-order valence-electron chi connectivity index (χ3n) is 7.28. The average molecular weight is 608 g/mol. The number of carbonyl (C=O) groups excluding carboxylic acids is 3. The van der Waals surface area contributed by atoms with Gasteiger partial charge in [0.2, 0.25) is 11.8 Å². The van der Waals surface area contributed by atoms with Gasteiger partial charge in [-0.25, -0.2) is 9.97 Å². The Labute approximate surface area is 249 Å². The molecule has 214 valence electrons. The number of primary amides is 1. The number of ether oxygens (including phenoxy) is 2. The molecule has 0 saturated heterocycles. The van der Waals surface area contributed by atoms with Crippen molar-refractivity contribution in [3.05, 3.63) is 75.2 Å². The molecule has 2 aromatic heterocycles. The summed E-state index contributed by atoms with van der Waals surface area (Å²) in [7, 11) is 2.87. The van der Waals surface area contributed by atoms with E-state index < -0.39 is 23.3 Å². The van der Waals surface area contributed by atoms with E-state index in [1.807, 2.05) is 13.8 Å². The van der Waals surface area contributed by atoms with Crippen molar-refractivity contribution in [2.45, 2.75) is 25.4 Å². The highest BCUT2D eigenvalue weighted by molar-refractivity contribution is 6.34. The fourth-order valence-electron chi connectivity index (χ4n) is 5.62. The zero-order chi connectivity index (χ0) is 30.1. The van der Waals surface area contributed by atoms with Gasteiger partial charge in [-0.1, -0.05) is 29.3 Å². The summed E-state index contributed by atoms with van der Waals surface area (Å²) in [5, 5.41) is 3.32. The second-order valence-corrected chi connectivity index (χ2v) is 10.7. The Bertz CT molecular complexity index is 1840. The molecule has 42 heavy (non-hydrogen) atoms. The van der Waals surface area contributed by atoms with E-state index in [1.54, 1.807) is 22.8 Å². The number of anilines is 2. The molecule has 1 unspecified atom stereocenters. The fraction of sp³-hybridized carbons (Fsp3) is 0.214. The standard InChI is InChI=1S/C28H23Cl2N7O5/c1-12(2)36-21-20(34-23(36)16-11-32-27(42-4)35-24(16)41-3)25(39)37(14-6-7-15(22(31)38)18(30)10-14)28(21)17-8-5-13(29)9-19(17)33-26(28)40/h5-12H,1-4H3,(H2,31,38)(H,33,40). The smallest absolute Gasteiger partial charge is 0.319 e. The van der Waals surface area contributed by atoms with E-state index in [4.69, 9.17) is 43.4 Å². The van der Waals surface area contributed by atoms with Crippen LogP contribution in [0.1, 0.15) is 52.0 Å². The van der Waals surface area contributed by atoms with Gasteiger partial charge in [-0.2, -0.15) is 4.98 Å². The molecule has 1 atom stereocenters. The number of hydrogen-bond donors (Lipinski definition) is 2. The Morgan fingerprint density at radius 3 is 2.48 bits per heavy atom. The monoisotopic (exact) mass is 607 g/mol. The number of nitrogens with one attached hydrogen (secondary N) is 1. The number of nitrogens with two attached hydrogens (primary N) is 1. The third-order valence-corrected chi connectivity index (χ3v) is 7.83. The average Bonchev–Trinajstić information content (AvgIpc) is 3.56. The summed E-state index contributed by atoms with van der Waals surface area (Å²) in [6, 6.07) is 9.08. The van der Waals surface area contributed by atoms with Gasteiger partial charge in [0.15, 0.2) is 11.2 Å². The van der Waals surface area contributed by atoms with E-state index >= 15 is 0 Å². The topological polar surface area (TPSA) is 155 Å². The highest BCUT2D eigenvalue weighted by Gasteiger charge is 2.64. The van der Waals surface area contributed by atoms with Crippen LogP contribution >= 0.6 is 23.2 Å². The number of carbonyl (C=O) groups is 3. The minimum atomic E-state index is -1.72. The van der Waals surface area contributed by atoms with Crippen LogP contribution in [0, 0.1) is 0 Å². The lowest BCUT2D eigenvalue weighted by molar-refractivity contribution is -0.119. The molecule has 3 N–H and O–H groups in total. The molecule has 0 fully saturated rings. The summed E-state index contributed by atoms with van der Waals surface area (Å²) in [5.74, 6) is -1.32. The summed E-state index contributed by atoms with van der Waals surface area (Å²) < 4.78 is 12.5. The summed E-state index contributed by atoms with van der Waals surface area (Å²) in [6.45, 7) is 3.80. The van der Waals surface area contributed by atoms with E-state index in [0.717, 1.165) is 0 Å². The number of amides is 3. The molecular weight excluding hydrogens is 585 g/mol. The zero-order valence-electron chi connectivity index (χ0n) is 22.7. The van der Waals surface area contributed by atoms with Crippen LogP contribution in [0.15, 0.2) is 42.6 Å². The number of rotatable bonds is 6. The van der Waals surface area contributed by atoms with Crippen LogP contribution < -0.4 is 25.4 Å². The van der Waals surface area contributed by atoms with E-state index in [9.17, 15) is 14.4 Å². The molecule has 0 saturated carbocycles. The van der Waals surface area contributed by atoms with Gasteiger partial charge in [0.1, 0.15) is 5.82 Å². The maximum atomic E-state index is 14.4. The number of aromatic nitrogens is 4. The van der Waals surface area contributed by atoms with Crippen molar-refractivity contribution >= 4 is 52.3 Å². The van der Waals surface area contributed by atoms with Gasteiger partial charge in [0.25, 0.3) is 11.8 Å². The predicted octanol–water partition coefficient (Wildman–Crippen LogP) is 4.20. The first kappa shape index (κ1) is 27.5. The van der Waals surface area contributed by atoms with E-state index in [0.29, 0.717) is 33.4 Å². The van der Waals surface area contributed by atoms with E-state index in [-0.39, 0.29) is 39.9 Å². The van der Waals surface area contributed by atoms with Crippen molar-refractivity contribution in [2.24, 2.45) is 5.73 Å². The number of nitrogens with zero attached hydrogens (tertiary/aromatic N) is 5. The molecule has 6 rings (SSSR count). The van der Waals surface area contributed by atoms with Crippen molar-refractivity contribution in [1.82, 2.24) is 19.5 Å². The van der Waals surface area contributed by atoms with E-state index in [2.05, 4.69) is 15.3 Å². The maximum absolute atomic E-state index is 14.4. The highest BCUT2D eigenvalue weighted by Crippen LogP contribution is 2.54. The van der Waals surface area contributed by atoms with Crippen LogP contribution in [0.4, 0.5) is 11.4 Å². The van der Waals surface area contributed by atoms with Crippen molar-refractivity contribution in [3.8, 4) is 23.3 Å². The van der Waals surface area contributed by atoms with Crippen molar-refractivity contribution < 1.29 is 23.9 Å². The van der Waals surface area contributed by atoms with Gasteiger partial charge in [-0.3, -0.25) is 19.3 Å². The molecule has 2 aliphatic heterocycles. The molecule has 4 heterocycles. The molecular formula is C28H23Cl2N7O5. The zero-order valence-corrected chi connectivity index (χ0v) is 24.2. The maximum Gasteiger partial charge on any atom is 0.319 e. The largest absolute Gasteiger partial charge is 0.480 e. The number of fused-ring (bicyclic) bond motifs is 4. The van der Waals surface area contributed by atoms with E-state index in [1.165, 1.54) is 43.5 Å². The van der Waals surface area contributed by atoms with Crippen LogP contribution in [0.5, 0.6) is 11.9 Å². The Morgan fingerprint density at radius 1 is 1.07 bits per heavy atom. The molecule has 4 aromatic rings. The lowest BCUT2D eigenvalue weighted by atomic mass is 9.87. The Morgan fingerprint density at radius 2 is 1.83 bits per heavy atom. The Kier molecular flexibility index (Phi) is 6.35. The predicted molar refractivity (Wildman–Crippen MR) is 154 cm³/mol. The summed E-state index contributed by atoms with van der Waals surface area (Å²) >= 11 is 12.7. The van der Waals surface area contributed by atoms with Crippen molar-refractivity contribution in [1.29, 1.82) is 0 Å². The SMILES string of the molecule is COc1ncc(-c2nc3c(n2C(C)C)C2(C(=O)Nc4cc(Cl)ccc42)N(c2ccc(C(N)=O)c(Cl)c2)C3=O)c(OC)n1. The molecule has 1 spiro atoms. The first-order chi connectivity index (χ1) is 20.0. The molecule has 14 heteroatoms. The van der Waals surface area contributed by atoms with Crippen LogP contribution in [0.2, 0.25) is 10.0 Å². The quantitative estimate of drug-likeness (QED) is 0.330. The summed E-state index contributed by atoms with van der Waals surface area (Å²) in [6.07, 6.45) is 1.49. The molecule has 2 aromatic carbocycles. The number of imidazole rings is 1. The molecule has 3 amide bonds. The third kappa shape index (κ3) is 3.68. The molecule has 2 aliphatic rings. The number of halogens is 2. The Balaban J connectivity index is 1.69. The van der Waals surface area contributed by atoms with Gasteiger partial charge in [0.05, 0.1) is 36.1 Å². The minimum Gasteiger partial charge on any atom is -0.480 e. The number of hydrogen-bond acceptors (Lipinski definition) is 8. The van der Waals surface area contributed by atoms with Crippen LogP contribution in [-0.4, -0.2) is 51.5 Å². The molecule has 0 bridgehead atoms. The van der Waals surface area contributed by atoms with Gasteiger partial charge in [-0.05, 0) is 44.2 Å². The van der Waals surface area contributed by atoms with Gasteiger partial charge >= 0.3 is 6.01 Å². The number of methoxy groups -OCH3 is 2. The molecule has 0 radical (unpaired) electrons. The Hall–Kier alpha value is -4.68. The van der Waals surface area contributed by atoms with Crippen LogP contribution in [0.3, 0.4) is 0 Å². The normalized spacial score (nSPS) is 17.1. The van der Waals surface area contributed by atoms with Crippen LogP contribution in [-0.2, 0) is 10.3 Å². The van der Waals surface area contributed by atoms with Crippen molar-refractivity contribution in [3.63, 3.8) is 0 Å². The minimum absolute atomic E-state index is 0.0229. The number of benzene rings is 2. The summed E-state index contributed by atoms with van der Waals surface area (Å²) in [4.78, 5) is 55.2. The lowest BCUT2D eigenvalue weighted by Crippen LogP contribution is -2.51. The van der Waals surface area contributed by atoms with Gasteiger partial charge in [0, 0.05) is 34.2 Å². The first-order valence-electron chi connectivity index (χ1n) is 12.7. The molecule has 0 aliphatic carbocycles. The highest BCUT2D eigenvalue weighted by atomic mass is 35.5. The molecule has 12 nitrogen and oxygen atoms in total. The second-order valence-electron chi connectivity index (χ2n) is 9.90.